The molecule has 0 unspecified atom stereocenters. The molecule has 2 aromatic carbocycles. The van der Waals surface area contributed by atoms with Crippen molar-refractivity contribution in [2.45, 2.75) is 201 Å². The molecule has 0 aliphatic carbocycles. The summed E-state index contributed by atoms with van der Waals surface area (Å²) in [5, 5.41) is 0. The Kier molecular flexibility index (Phi) is 26.5. The molecule has 0 fully saturated rings. The third-order valence-electron chi connectivity index (χ3n) is 14.9. The van der Waals surface area contributed by atoms with Crippen molar-refractivity contribution < 1.29 is 243 Å². The lowest BCUT2D eigenvalue weighted by molar-refractivity contribution is -0.461. The van der Waals surface area contributed by atoms with Crippen molar-refractivity contribution in [3.63, 3.8) is 0 Å². The van der Waals surface area contributed by atoms with Gasteiger partial charge in [-0.2, -0.15) is 224 Å². The molecule has 0 aromatic heterocycles. The van der Waals surface area contributed by atoms with Gasteiger partial charge in [-0.15, -0.1) is 0 Å². The van der Waals surface area contributed by atoms with Gasteiger partial charge >= 0.3 is 149 Å². The van der Waals surface area contributed by atoms with Gasteiger partial charge in [0.1, 0.15) is 6.61 Å². The van der Waals surface area contributed by atoms with Crippen LogP contribution in [0.1, 0.15) is 66.4 Å². The second-order valence-electron chi connectivity index (χ2n) is 22.4. The number of hydrogen-bond acceptors (Lipinski definition) is 4. The SMILES string of the molecule is O=C(OCc1ccccc1)c1ccc(CN(CCCC(F)(F)C(F)(F)C(F)(F)C(F)(F)C(F)(F)C(F)(F)C(F)(F)C(F)(F)F)C(=O)CCN(CCCC(F)(F)C(F)(F)C(F)(F)C(F)(F)C(F)(F)C(F)(F)C(F)(F)C(F)(F)F)C(=O)CCC(F)(F)C(F)(F)C(F)(F)C(F)(F)C(F)(F)C(F)(F)C(F)(F)C(F)(F)F)cc1. The van der Waals surface area contributed by atoms with E-state index in [4.69, 9.17) is 4.74 Å². The van der Waals surface area contributed by atoms with Crippen molar-refractivity contribution in [3.8, 4) is 0 Å². The Labute approximate surface area is 562 Å². The minimum Gasteiger partial charge on any atom is -0.457 e. The van der Waals surface area contributed by atoms with Crippen LogP contribution in [0.2, 0.25) is 0 Å². The first-order valence-electron chi connectivity index (χ1n) is 27.2. The van der Waals surface area contributed by atoms with Crippen LogP contribution in [0.25, 0.3) is 0 Å². The van der Waals surface area contributed by atoms with E-state index in [0.717, 1.165) is 0 Å². The molecule has 2 aromatic rings. The minimum absolute atomic E-state index is 0.217. The topological polar surface area (TPSA) is 66.9 Å². The van der Waals surface area contributed by atoms with Gasteiger partial charge < -0.3 is 14.5 Å². The Hall–Kier alpha value is -6.72. The molecule has 2 rings (SSSR count). The van der Waals surface area contributed by atoms with E-state index in [9.17, 15) is 230 Å². The third-order valence-corrected chi connectivity index (χ3v) is 14.9. The van der Waals surface area contributed by atoms with Crippen molar-refractivity contribution in [1.82, 2.24) is 9.80 Å². The Morgan fingerprint density at radius 2 is 0.509 bits per heavy atom. The fourth-order valence-corrected chi connectivity index (χ4v) is 8.28. The summed E-state index contributed by atoms with van der Waals surface area (Å²) in [4.78, 5) is 38.0. The molecule has 108 heavy (non-hydrogen) atoms. The Bertz CT molecular complexity index is 3410. The quantitative estimate of drug-likeness (QED) is 0.0499. The van der Waals surface area contributed by atoms with Gasteiger partial charge in [0.15, 0.2) is 0 Å². The Morgan fingerprint density at radius 1 is 0.259 bits per heavy atom. The normalized spacial score (nSPS) is 15.5. The van der Waals surface area contributed by atoms with E-state index in [1.54, 1.807) is 0 Å². The summed E-state index contributed by atoms with van der Waals surface area (Å²) in [6.07, 6.45) is -47.3. The number of hydrogen-bond donors (Lipinski definition) is 0. The molecule has 0 aliphatic heterocycles. The molecule has 0 heterocycles. The van der Waals surface area contributed by atoms with Crippen LogP contribution < -0.4 is 0 Å². The van der Waals surface area contributed by atoms with Gasteiger partial charge in [0.05, 0.1) is 5.56 Å². The van der Waals surface area contributed by atoms with Gasteiger partial charge in [0.2, 0.25) is 11.8 Å². The first kappa shape index (κ1) is 97.4. The van der Waals surface area contributed by atoms with Crippen molar-refractivity contribution in [3.05, 3.63) is 71.3 Å². The molecule has 0 aliphatic rings. The zero-order chi connectivity index (χ0) is 86.2. The number of ether oxygens (including phenoxy) is 1. The highest BCUT2D eigenvalue weighted by atomic mass is 19.5. The highest BCUT2D eigenvalue weighted by Gasteiger charge is 2.98. The lowest BCUT2D eigenvalue weighted by Gasteiger charge is -2.43. The number of rotatable bonds is 37. The molecule has 0 N–H and O–H groups in total. The first-order valence-corrected chi connectivity index (χ1v) is 27.2. The van der Waals surface area contributed by atoms with Crippen LogP contribution in [0.5, 0.6) is 0 Å². The molecule has 0 saturated heterocycles. The second kappa shape index (κ2) is 29.4. The minimum atomic E-state index is -9.41. The summed E-state index contributed by atoms with van der Waals surface area (Å²) in [7, 11) is 0. The summed E-state index contributed by atoms with van der Waals surface area (Å²) in [5.74, 6) is -193. The van der Waals surface area contributed by atoms with Crippen LogP contribution in [0, 0.1) is 0 Å². The van der Waals surface area contributed by atoms with Crippen LogP contribution in [0.3, 0.4) is 0 Å². The molecule has 628 valence electrons. The molecule has 0 saturated carbocycles. The molecule has 0 radical (unpaired) electrons. The van der Waals surface area contributed by atoms with Gasteiger partial charge in [0.25, 0.3) is 0 Å². The zero-order valence-electron chi connectivity index (χ0n) is 50.5. The highest BCUT2D eigenvalue weighted by Crippen LogP contribution is 2.68. The van der Waals surface area contributed by atoms with E-state index >= 15 is 8.78 Å². The number of nitrogens with zero attached hydrogens (tertiary/aromatic N) is 2. The van der Waals surface area contributed by atoms with Crippen molar-refractivity contribution >= 4 is 17.8 Å². The zero-order valence-corrected chi connectivity index (χ0v) is 50.5. The van der Waals surface area contributed by atoms with E-state index in [0.29, 0.717) is 24.3 Å². The molecule has 57 heteroatoms. The number of halogens is 51. The molecule has 0 spiro atoms. The lowest BCUT2D eigenvalue weighted by atomic mass is 9.88. The molecule has 0 bridgehead atoms. The molecular formula is C51H33F51N2O4. The van der Waals surface area contributed by atoms with E-state index in [1.165, 1.54) is 30.3 Å². The fourth-order valence-electron chi connectivity index (χ4n) is 8.28. The summed E-state index contributed by atoms with van der Waals surface area (Å²) < 4.78 is 717. The van der Waals surface area contributed by atoms with Crippen molar-refractivity contribution in [1.29, 1.82) is 0 Å². The van der Waals surface area contributed by atoms with Crippen molar-refractivity contribution in [2.24, 2.45) is 0 Å². The summed E-state index contributed by atoms with van der Waals surface area (Å²) in [5.41, 5.74) is -1.22. The number of carbonyl (C=O) groups is 3. The van der Waals surface area contributed by atoms with Crippen LogP contribution in [0.15, 0.2) is 54.6 Å². The number of alkyl halides is 51. The first-order chi connectivity index (χ1) is 47.2. The maximum Gasteiger partial charge on any atom is 0.460 e. The smallest absolute Gasteiger partial charge is 0.457 e. The van der Waals surface area contributed by atoms with Gasteiger partial charge in [-0.3, -0.25) is 9.59 Å². The molecular weight excluding hydrogens is 1670 g/mol. The van der Waals surface area contributed by atoms with Crippen LogP contribution in [-0.2, 0) is 27.5 Å². The predicted molar refractivity (Wildman–Crippen MR) is 248 cm³/mol. The van der Waals surface area contributed by atoms with Crippen LogP contribution in [-0.4, -0.2) is 190 Å². The number of benzene rings is 2. The Balaban J connectivity index is 2.93. The van der Waals surface area contributed by atoms with E-state index < -0.39 is 259 Å². The van der Waals surface area contributed by atoms with Gasteiger partial charge in [-0.1, -0.05) is 42.5 Å². The number of carbonyl (C=O) groups excluding carboxylic acids is 3. The maximum absolute atomic E-state index is 15.0. The molecule has 0 atom stereocenters. The van der Waals surface area contributed by atoms with Gasteiger partial charge in [-0.05, 0) is 36.1 Å². The predicted octanol–water partition coefficient (Wildman–Crippen LogP) is 21.0. The number of amides is 2. The third kappa shape index (κ3) is 15.8. The van der Waals surface area contributed by atoms with Gasteiger partial charge in [-0.25, -0.2) is 4.79 Å². The van der Waals surface area contributed by atoms with E-state index in [-0.39, 0.29) is 5.56 Å². The average molecular weight is 1710 g/mol. The van der Waals surface area contributed by atoms with Crippen molar-refractivity contribution in [2.75, 3.05) is 19.6 Å². The Morgan fingerprint density at radius 3 is 0.796 bits per heavy atom. The molecule has 6 nitrogen and oxygen atoms in total. The summed E-state index contributed by atoms with van der Waals surface area (Å²) in [6.45, 7) is -9.68. The highest BCUT2D eigenvalue weighted by molar-refractivity contribution is 5.89. The van der Waals surface area contributed by atoms with E-state index in [2.05, 4.69) is 0 Å². The monoisotopic (exact) mass is 1710 g/mol. The maximum atomic E-state index is 15.0. The van der Waals surface area contributed by atoms with Gasteiger partial charge in [0, 0.05) is 58.3 Å². The largest absolute Gasteiger partial charge is 0.460 e. The molecule has 2 amide bonds. The summed E-state index contributed by atoms with van der Waals surface area (Å²) >= 11 is 0. The average Bonchev–Trinajstić information content (AvgIpc) is 0.706. The van der Waals surface area contributed by atoms with Crippen LogP contribution >= 0.6 is 0 Å². The van der Waals surface area contributed by atoms with E-state index in [1.807, 2.05) is 0 Å². The fraction of sp³-hybridized carbons (Fsp3) is 0.706. The standard InChI is InChI=1S/C51H33F51N2O4/c52-28(53,31(58,59)34(64,65)37(70,71)40(76,77)43(82,83)46(88,89)49(94,95)96)14-4-17-103(25(105)12-16-30(56,57)33(62,63)36(68,69)39(74,75)42(80,81)45(86,87)48(92,93)51(100,101)102)19-13-26(106)104(20-22-8-10-24(11-9-22)27(107)108-21-23-6-2-1-3-7-23)18-5-15-29(54,55)32(60,61)35(66,67)38(72,73)41(78,79)44(84,85)47(90,91)50(97,98)99/h1-3,6-11H,4-5,12-21H2. The van der Waals surface area contributed by atoms with Crippen LogP contribution in [0.4, 0.5) is 224 Å². The summed E-state index contributed by atoms with van der Waals surface area (Å²) in [6, 6.07) is 8.87. The second-order valence-corrected chi connectivity index (χ2v) is 22.4. The number of esters is 1. The lowest BCUT2D eigenvalue weighted by Crippen LogP contribution is -2.74.